The van der Waals surface area contributed by atoms with Crippen molar-refractivity contribution in [3.8, 4) is 0 Å². The number of hydrogen-bond donors (Lipinski definition) is 3. The average molecular weight is 265 g/mol. The summed E-state index contributed by atoms with van der Waals surface area (Å²) in [6.45, 7) is 3.49. The monoisotopic (exact) mass is 265 g/mol. The number of ether oxygens (including phenoxy) is 1. The van der Waals surface area contributed by atoms with Crippen LogP contribution < -0.4 is 11.1 Å². The van der Waals surface area contributed by atoms with E-state index in [-0.39, 0.29) is 5.84 Å². The van der Waals surface area contributed by atoms with Crippen molar-refractivity contribution in [2.45, 2.75) is 32.4 Å². The van der Waals surface area contributed by atoms with Crippen LogP contribution in [0.1, 0.15) is 30.9 Å². The second-order valence-electron chi connectivity index (χ2n) is 4.46. The Kier molecular flexibility index (Phi) is 6.92. The molecule has 19 heavy (non-hydrogen) atoms. The minimum Gasteiger partial charge on any atom is -0.409 e. The lowest BCUT2D eigenvalue weighted by molar-refractivity contribution is 0.161. The minimum atomic E-state index is 0.135. The van der Waals surface area contributed by atoms with Gasteiger partial charge in [-0.25, -0.2) is 0 Å². The zero-order valence-corrected chi connectivity index (χ0v) is 11.6. The summed E-state index contributed by atoms with van der Waals surface area (Å²) in [6, 6.07) is 7.94. The largest absolute Gasteiger partial charge is 0.409 e. The molecule has 0 heterocycles. The van der Waals surface area contributed by atoms with Gasteiger partial charge in [-0.2, -0.15) is 0 Å². The lowest BCUT2D eigenvalue weighted by Crippen LogP contribution is -2.33. The van der Waals surface area contributed by atoms with Gasteiger partial charge in [-0.15, -0.1) is 0 Å². The molecule has 5 heteroatoms. The number of nitrogens with zero attached hydrogens (tertiary/aromatic N) is 1. The number of methoxy groups -OCH3 is 1. The molecule has 0 aliphatic rings. The van der Waals surface area contributed by atoms with Gasteiger partial charge in [0.2, 0.25) is 0 Å². The van der Waals surface area contributed by atoms with Gasteiger partial charge in [-0.1, -0.05) is 42.8 Å². The van der Waals surface area contributed by atoms with E-state index in [0.717, 1.165) is 24.0 Å². The lowest BCUT2D eigenvalue weighted by atomic mass is 10.1. The van der Waals surface area contributed by atoms with Crippen molar-refractivity contribution in [2.75, 3.05) is 13.7 Å². The smallest absolute Gasteiger partial charge is 0.170 e. The molecule has 0 amide bonds. The molecule has 0 aromatic heterocycles. The topological polar surface area (TPSA) is 79.9 Å². The Hall–Kier alpha value is -1.59. The van der Waals surface area contributed by atoms with Crippen molar-refractivity contribution in [3.63, 3.8) is 0 Å². The summed E-state index contributed by atoms with van der Waals surface area (Å²) >= 11 is 0. The molecule has 1 aromatic carbocycles. The maximum absolute atomic E-state index is 8.78. The highest BCUT2D eigenvalue weighted by atomic mass is 16.5. The van der Waals surface area contributed by atoms with Crippen LogP contribution in [0.3, 0.4) is 0 Å². The van der Waals surface area contributed by atoms with Gasteiger partial charge in [0.15, 0.2) is 5.84 Å². The summed E-state index contributed by atoms with van der Waals surface area (Å²) < 4.78 is 5.19. The first-order chi connectivity index (χ1) is 9.22. The van der Waals surface area contributed by atoms with Gasteiger partial charge < -0.3 is 21.0 Å². The van der Waals surface area contributed by atoms with Crippen molar-refractivity contribution >= 4 is 5.84 Å². The Morgan fingerprint density at radius 2 is 2.21 bits per heavy atom. The second-order valence-corrected chi connectivity index (χ2v) is 4.46. The van der Waals surface area contributed by atoms with Crippen molar-refractivity contribution in [1.82, 2.24) is 5.32 Å². The van der Waals surface area contributed by atoms with E-state index < -0.39 is 0 Å². The van der Waals surface area contributed by atoms with E-state index in [1.165, 1.54) is 0 Å². The van der Waals surface area contributed by atoms with Crippen LogP contribution in [-0.4, -0.2) is 30.8 Å². The molecular formula is C14H23N3O2. The third-order valence-electron chi connectivity index (χ3n) is 2.99. The predicted octanol–water partition coefficient (Wildman–Crippen LogP) is 1.69. The van der Waals surface area contributed by atoms with Gasteiger partial charge in [0.25, 0.3) is 0 Å². The van der Waals surface area contributed by atoms with Crippen molar-refractivity contribution in [3.05, 3.63) is 35.4 Å². The number of benzene rings is 1. The van der Waals surface area contributed by atoms with E-state index in [0.29, 0.717) is 19.2 Å². The molecule has 0 aliphatic heterocycles. The van der Waals surface area contributed by atoms with Crippen LogP contribution in [0.25, 0.3) is 0 Å². The maximum Gasteiger partial charge on any atom is 0.170 e. The molecule has 1 atom stereocenters. The Morgan fingerprint density at radius 1 is 1.47 bits per heavy atom. The SMILES string of the molecule is CCCC(COC)NCc1ccccc1C(N)=NO. The van der Waals surface area contributed by atoms with Gasteiger partial charge in [-0.3, -0.25) is 0 Å². The Labute approximate surface area is 114 Å². The molecule has 1 unspecified atom stereocenters. The highest BCUT2D eigenvalue weighted by Gasteiger charge is 2.10. The molecule has 1 rings (SSSR count). The van der Waals surface area contributed by atoms with Gasteiger partial charge in [0.05, 0.1) is 6.61 Å². The molecular weight excluding hydrogens is 242 g/mol. The number of rotatable bonds is 8. The first kappa shape index (κ1) is 15.5. The van der Waals surface area contributed by atoms with E-state index in [4.69, 9.17) is 15.7 Å². The van der Waals surface area contributed by atoms with Gasteiger partial charge >= 0.3 is 0 Å². The van der Waals surface area contributed by atoms with Crippen LogP contribution in [0.15, 0.2) is 29.4 Å². The minimum absolute atomic E-state index is 0.135. The van der Waals surface area contributed by atoms with Crippen LogP contribution >= 0.6 is 0 Å². The van der Waals surface area contributed by atoms with Crippen LogP contribution in [0.4, 0.5) is 0 Å². The fraction of sp³-hybridized carbons (Fsp3) is 0.500. The van der Waals surface area contributed by atoms with E-state index in [2.05, 4.69) is 17.4 Å². The second kappa shape index (κ2) is 8.50. The summed E-state index contributed by atoms with van der Waals surface area (Å²) in [7, 11) is 1.70. The Morgan fingerprint density at radius 3 is 2.84 bits per heavy atom. The molecule has 0 aliphatic carbocycles. The van der Waals surface area contributed by atoms with Crippen molar-refractivity contribution < 1.29 is 9.94 Å². The maximum atomic E-state index is 8.78. The third kappa shape index (κ3) is 4.89. The first-order valence-electron chi connectivity index (χ1n) is 6.51. The normalized spacial score (nSPS) is 13.5. The Bertz CT molecular complexity index is 401. The van der Waals surface area contributed by atoms with E-state index >= 15 is 0 Å². The summed E-state index contributed by atoms with van der Waals surface area (Å²) in [5.74, 6) is 0.135. The number of amidine groups is 1. The molecule has 106 valence electrons. The highest BCUT2D eigenvalue weighted by Crippen LogP contribution is 2.09. The molecule has 0 fully saturated rings. The fourth-order valence-electron chi connectivity index (χ4n) is 2.03. The van der Waals surface area contributed by atoms with Gasteiger partial charge in [-0.05, 0) is 12.0 Å². The molecule has 0 bridgehead atoms. The van der Waals surface area contributed by atoms with Crippen LogP contribution in [0.5, 0.6) is 0 Å². The molecule has 0 saturated carbocycles. The molecule has 1 aromatic rings. The summed E-state index contributed by atoms with van der Waals surface area (Å²) in [6.07, 6.45) is 2.16. The van der Waals surface area contributed by atoms with Crippen LogP contribution in [0.2, 0.25) is 0 Å². The van der Waals surface area contributed by atoms with E-state index in [1.54, 1.807) is 7.11 Å². The molecule has 0 spiro atoms. The summed E-state index contributed by atoms with van der Waals surface area (Å²) in [4.78, 5) is 0. The first-order valence-corrected chi connectivity index (χ1v) is 6.51. The Balaban J connectivity index is 2.71. The molecule has 0 saturated heterocycles. The van der Waals surface area contributed by atoms with Gasteiger partial charge in [0.1, 0.15) is 0 Å². The quantitative estimate of drug-likeness (QED) is 0.289. The summed E-state index contributed by atoms with van der Waals surface area (Å²) in [5.41, 5.74) is 7.43. The highest BCUT2D eigenvalue weighted by molar-refractivity contribution is 5.98. The van der Waals surface area contributed by atoms with E-state index in [1.807, 2.05) is 24.3 Å². The van der Waals surface area contributed by atoms with Crippen molar-refractivity contribution in [1.29, 1.82) is 0 Å². The lowest BCUT2D eigenvalue weighted by Gasteiger charge is -2.18. The zero-order valence-electron chi connectivity index (χ0n) is 11.6. The standard InChI is InChI=1S/C14H23N3O2/c1-3-6-12(10-19-2)16-9-11-7-4-5-8-13(11)14(15)17-18/h4-5,7-8,12,16,18H,3,6,9-10H2,1-2H3,(H2,15,17). The number of hydrogen-bond acceptors (Lipinski definition) is 4. The molecule has 5 nitrogen and oxygen atoms in total. The number of nitrogens with two attached hydrogens (primary N) is 1. The number of nitrogens with one attached hydrogen (secondary N) is 1. The van der Waals surface area contributed by atoms with Gasteiger partial charge in [0, 0.05) is 25.3 Å². The van der Waals surface area contributed by atoms with E-state index in [9.17, 15) is 0 Å². The van der Waals surface area contributed by atoms with Crippen LogP contribution in [0, 0.1) is 0 Å². The average Bonchev–Trinajstić information content (AvgIpc) is 2.44. The van der Waals surface area contributed by atoms with Crippen LogP contribution in [-0.2, 0) is 11.3 Å². The fourth-order valence-corrected chi connectivity index (χ4v) is 2.03. The zero-order chi connectivity index (χ0) is 14.1. The molecule has 4 N–H and O–H groups in total. The van der Waals surface area contributed by atoms with Crippen molar-refractivity contribution in [2.24, 2.45) is 10.9 Å². The number of oxime groups is 1. The third-order valence-corrected chi connectivity index (χ3v) is 2.99. The predicted molar refractivity (Wildman–Crippen MR) is 76.4 cm³/mol. The molecule has 0 radical (unpaired) electrons. The summed E-state index contributed by atoms with van der Waals surface area (Å²) in [5, 5.41) is 15.3.